The van der Waals surface area contributed by atoms with Crippen molar-refractivity contribution in [3.05, 3.63) is 36.2 Å². The molecule has 0 spiro atoms. The average Bonchev–Trinajstić information content (AvgIpc) is 3.33. The van der Waals surface area contributed by atoms with E-state index in [1.165, 1.54) is 18.9 Å². The van der Waals surface area contributed by atoms with E-state index >= 15 is 0 Å². The molecule has 1 saturated carbocycles. The van der Waals surface area contributed by atoms with E-state index in [0.29, 0.717) is 24.4 Å². The molecule has 4 rings (SSSR count). The van der Waals surface area contributed by atoms with Gasteiger partial charge in [0, 0.05) is 50.1 Å². The topological polar surface area (TPSA) is 104 Å². The van der Waals surface area contributed by atoms with Gasteiger partial charge in [-0.2, -0.15) is 4.98 Å². The zero-order chi connectivity index (χ0) is 23.0. The van der Waals surface area contributed by atoms with E-state index in [4.69, 9.17) is 9.72 Å². The highest BCUT2D eigenvalue weighted by Crippen LogP contribution is 2.28. The van der Waals surface area contributed by atoms with Crippen LogP contribution in [0.25, 0.3) is 5.57 Å². The third-order valence-corrected chi connectivity index (χ3v) is 6.00. The number of rotatable bonds is 8. The molecule has 1 saturated heterocycles. The van der Waals surface area contributed by atoms with Crippen LogP contribution in [-0.4, -0.2) is 59.7 Å². The first-order valence-electron chi connectivity index (χ1n) is 11.8. The Bertz CT molecular complexity index is 965. The van der Waals surface area contributed by atoms with E-state index in [9.17, 15) is 4.79 Å². The van der Waals surface area contributed by atoms with E-state index in [1.807, 2.05) is 19.2 Å². The van der Waals surface area contributed by atoms with Crippen molar-refractivity contribution < 1.29 is 9.53 Å². The number of aromatic nitrogens is 3. The number of pyridine rings is 1. The number of carbonyl (C=O) groups excluding carboxylic acids is 1. The zero-order valence-electron chi connectivity index (χ0n) is 19.4. The van der Waals surface area contributed by atoms with Crippen LogP contribution in [0.3, 0.4) is 0 Å². The zero-order valence-corrected chi connectivity index (χ0v) is 19.4. The largest absolute Gasteiger partial charge is 0.463 e. The lowest BCUT2D eigenvalue weighted by molar-refractivity contribution is -0.137. The number of nitrogens with one attached hydrogen (secondary N) is 3. The Balaban J connectivity index is 1.52. The first-order valence-corrected chi connectivity index (χ1v) is 11.8. The Kier molecular flexibility index (Phi) is 7.72. The maximum absolute atomic E-state index is 11.9. The van der Waals surface area contributed by atoms with Crippen molar-refractivity contribution in [2.75, 3.05) is 48.3 Å². The van der Waals surface area contributed by atoms with Crippen molar-refractivity contribution in [3.63, 3.8) is 0 Å². The lowest BCUT2D eigenvalue weighted by Crippen LogP contribution is -2.43. The van der Waals surface area contributed by atoms with Gasteiger partial charge >= 0.3 is 5.97 Å². The van der Waals surface area contributed by atoms with E-state index < -0.39 is 0 Å². The number of ether oxygens (including phenoxy) is 1. The van der Waals surface area contributed by atoms with Gasteiger partial charge in [-0.25, -0.2) is 14.8 Å². The molecule has 0 radical (unpaired) electrons. The summed E-state index contributed by atoms with van der Waals surface area (Å²) in [5.74, 6) is 1.51. The second kappa shape index (κ2) is 11.1. The molecule has 1 aliphatic heterocycles. The molecule has 0 bridgehead atoms. The monoisotopic (exact) mass is 451 g/mol. The maximum Gasteiger partial charge on any atom is 0.331 e. The van der Waals surface area contributed by atoms with Gasteiger partial charge in [0.05, 0.1) is 18.5 Å². The van der Waals surface area contributed by atoms with Gasteiger partial charge in [-0.3, -0.25) is 0 Å². The van der Waals surface area contributed by atoms with Crippen LogP contribution < -0.4 is 20.9 Å². The van der Waals surface area contributed by atoms with E-state index in [1.54, 1.807) is 13.1 Å². The molecular weight excluding hydrogens is 418 g/mol. The van der Waals surface area contributed by atoms with Crippen molar-refractivity contribution in [1.29, 1.82) is 0 Å². The van der Waals surface area contributed by atoms with Crippen LogP contribution in [-0.2, 0) is 9.53 Å². The Morgan fingerprint density at radius 1 is 1.21 bits per heavy atom. The van der Waals surface area contributed by atoms with Gasteiger partial charge in [0.25, 0.3) is 0 Å². The molecular formula is C24H33N7O2. The first kappa shape index (κ1) is 23.0. The highest BCUT2D eigenvalue weighted by atomic mass is 16.5. The summed E-state index contributed by atoms with van der Waals surface area (Å²) in [5, 5.41) is 10.1. The van der Waals surface area contributed by atoms with Gasteiger partial charge in [-0.1, -0.05) is 12.8 Å². The van der Waals surface area contributed by atoms with Gasteiger partial charge in [0.1, 0.15) is 11.6 Å². The first-order chi connectivity index (χ1) is 16.1. The Hall–Kier alpha value is -3.20. The summed E-state index contributed by atoms with van der Waals surface area (Å²) >= 11 is 0. The predicted molar refractivity (Wildman–Crippen MR) is 131 cm³/mol. The Labute approximate surface area is 195 Å². The molecule has 0 aromatic carbocycles. The van der Waals surface area contributed by atoms with Gasteiger partial charge in [-0.05, 0) is 44.4 Å². The molecule has 1 aliphatic carbocycles. The number of piperazine rings is 1. The molecule has 176 valence electrons. The van der Waals surface area contributed by atoms with Crippen molar-refractivity contribution in [2.24, 2.45) is 0 Å². The summed E-state index contributed by atoms with van der Waals surface area (Å²) in [6.07, 6.45) is 9.77. The van der Waals surface area contributed by atoms with E-state index in [2.05, 4.69) is 36.9 Å². The minimum Gasteiger partial charge on any atom is -0.463 e. The number of carbonyl (C=O) groups is 1. The van der Waals surface area contributed by atoms with Crippen molar-refractivity contribution >= 4 is 34.8 Å². The van der Waals surface area contributed by atoms with Gasteiger partial charge in [-0.15, -0.1) is 0 Å². The highest BCUT2D eigenvalue weighted by molar-refractivity contribution is 5.92. The second-order valence-corrected chi connectivity index (χ2v) is 8.42. The van der Waals surface area contributed by atoms with Crippen molar-refractivity contribution in [1.82, 2.24) is 20.3 Å². The van der Waals surface area contributed by atoms with Crippen LogP contribution in [0.15, 0.2) is 30.6 Å². The van der Waals surface area contributed by atoms with Crippen LogP contribution in [0.5, 0.6) is 0 Å². The third kappa shape index (κ3) is 6.19. The fourth-order valence-corrected chi connectivity index (χ4v) is 4.23. The highest BCUT2D eigenvalue weighted by Gasteiger charge is 2.19. The molecule has 2 aliphatic rings. The van der Waals surface area contributed by atoms with Crippen LogP contribution in [0, 0.1) is 0 Å². The molecule has 2 fully saturated rings. The molecule has 2 aromatic heterocycles. The van der Waals surface area contributed by atoms with Crippen molar-refractivity contribution in [2.45, 2.75) is 45.6 Å². The van der Waals surface area contributed by atoms with Crippen LogP contribution >= 0.6 is 0 Å². The lowest BCUT2D eigenvalue weighted by atomic mass is 10.1. The number of anilines is 4. The number of esters is 1. The standard InChI is InChI=1S/C24H33N7O2/c1-3-33-22(32)14-17(2)20-16-27-24(30-23(20)28-18-6-4-5-7-18)29-21-9-8-19(15-26-21)31-12-10-25-11-13-31/h8-9,14-16,18,25H,3-7,10-13H2,1-2H3,(H2,26,27,28,29,30). The number of hydrogen-bond acceptors (Lipinski definition) is 9. The van der Waals surface area contributed by atoms with Gasteiger partial charge < -0.3 is 25.6 Å². The van der Waals surface area contributed by atoms with Gasteiger partial charge in [0.15, 0.2) is 0 Å². The Morgan fingerprint density at radius 2 is 2.00 bits per heavy atom. The lowest BCUT2D eigenvalue weighted by Gasteiger charge is -2.29. The molecule has 2 aromatic rings. The smallest absolute Gasteiger partial charge is 0.331 e. The summed E-state index contributed by atoms with van der Waals surface area (Å²) in [4.78, 5) is 28.0. The quantitative estimate of drug-likeness (QED) is 0.412. The third-order valence-electron chi connectivity index (χ3n) is 6.00. The average molecular weight is 452 g/mol. The molecule has 9 heteroatoms. The van der Waals surface area contributed by atoms with E-state index in [-0.39, 0.29) is 5.97 Å². The minimum absolute atomic E-state index is 0.343. The molecule has 0 atom stereocenters. The fraction of sp³-hybridized carbons (Fsp3) is 0.500. The predicted octanol–water partition coefficient (Wildman–Crippen LogP) is 3.35. The maximum atomic E-state index is 11.9. The molecule has 3 N–H and O–H groups in total. The van der Waals surface area contributed by atoms with Gasteiger partial charge in [0.2, 0.25) is 5.95 Å². The molecule has 3 heterocycles. The summed E-state index contributed by atoms with van der Waals surface area (Å²) in [5.41, 5.74) is 2.67. The van der Waals surface area contributed by atoms with Crippen LogP contribution in [0.1, 0.15) is 45.1 Å². The molecule has 0 amide bonds. The second-order valence-electron chi connectivity index (χ2n) is 8.42. The number of allylic oxidation sites excluding steroid dienone is 1. The summed E-state index contributed by atoms with van der Waals surface area (Å²) in [6, 6.07) is 4.39. The van der Waals surface area contributed by atoms with Crippen molar-refractivity contribution in [3.8, 4) is 0 Å². The fourth-order valence-electron chi connectivity index (χ4n) is 4.23. The van der Waals surface area contributed by atoms with Crippen LogP contribution in [0.4, 0.5) is 23.3 Å². The van der Waals surface area contributed by atoms with Crippen LogP contribution in [0.2, 0.25) is 0 Å². The summed E-state index contributed by atoms with van der Waals surface area (Å²) < 4.78 is 5.06. The number of nitrogens with zero attached hydrogens (tertiary/aromatic N) is 4. The summed E-state index contributed by atoms with van der Waals surface area (Å²) in [6.45, 7) is 7.94. The Morgan fingerprint density at radius 3 is 2.70 bits per heavy atom. The SMILES string of the molecule is CCOC(=O)C=C(C)c1cnc(Nc2ccc(N3CCNCC3)cn2)nc1NC1CCCC1. The summed E-state index contributed by atoms with van der Waals surface area (Å²) in [7, 11) is 0. The normalized spacial score (nSPS) is 17.2. The molecule has 33 heavy (non-hydrogen) atoms. The molecule has 0 unspecified atom stereocenters. The number of hydrogen-bond donors (Lipinski definition) is 3. The molecule has 9 nitrogen and oxygen atoms in total. The van der Waals surface area contributed by atoms with E-state index in [0.717, 1.165) is 61.7 Å². The minimum atomic E-state index is -0.363.